The third-order valence-electron chi connectivity index (χ3n) is 17.2. The summed E-state index contributed by atoms with van der Waals surface area (Å²) >= 11 is 0. The predicted octanol–water partition coefficient (Wildman–Crippen LogP) is 26.4. The Balaban J connectivity index is 1.58. The van der Waals surface area contributed by atoms with Gasteiger partial charge in [-0.25, -0.2) is 0 Å². The third kappa shape index (κ3) is 56.9. The normalized spacial score (nSPS) is 13.4. The van der Waals surface area contributed by atoms with E-state index >= 15 is 0 Å². The van der Waals surface area contributed by atoms with Gasteiger partial charge in [0.2, 0.25) is 0 Å². The second-order valence-electron chi connectivity index (χ2n) is 24.2. The monoisotopic (exact) mass is 953 g/mol. The first kappa shape index (κ1) is 66.0. The van der Waals surface area contributed by atoms with Crippen molar-refractivity contribution in [1.82, 2.24) is 0 Å². The average Bonchev–Trinajstić information content (AvgIpc) is 3.36. The molecular formula is C68H136. The molecule has 0 aliphatic heterocycles. The lowest BCUT2D eigenvalue weighted by Crippen LogP contribution is -2.05. The van der Waals surface area contributed by atoms with Crippen LogP contribution in [0.3, 0.4) is 0 Å². The minimum absolute atomic E-state index is 1.10. The Morgan fingerprint density at radius 2 is 0.294 bits per heavy atom. The summed E-state index contributed by atoms with van der Waals surface area (Å²) in [5, 5.41) is 0. The standard InChI is InChI=1S/C68H136/c1-2-3-4-5-6-7-8-9-10-11-12-13-14-15-16-17-18-19-20-21-22-23-24-25-26-27-28-29-30-31-32-33-34-35-36-37-38-39-40-41-42-43-44-45-46-47-48-49-50-51-52-53-54-55-56-57-58-59-60-62-65-68-66-63-61-64-67-68/h68H,2-67H2,1H3. The molecule has 0 atom stereocenters. The van der Waals surface area contributed by atoms with Crippen LogP contribution in [0.25, 0.3) is 0 Å². The molecular weight excluding hydrogens is 817 g/mol. The molecule has 408 valence electrons. The van der Waals surface area contributed by atoms with E-state index < -0.39 is 0 Å². The van der Waals surface area contributed by atoms with Crippen molar-refractivity contribution >= 4 is 0 Å². The molecule has 1 aliphatic rings. The van der Waals surface area contributed by atoms with Crippen molar-refractivity contribution in [3.8, 4) is 0 Å². The smallest absolute Gasteiger partial charge is 0.0414 e. The first-order chi connectivity index (χ1) is 33.9. The van der Waals surface area contributed by atoms with E-state index in [1.807, 2.05) is 0 Å². The molecule has 1 aliphatic carbocycles. The molecule has 0 unspecified atom stereocenters. The molecule has 0 bridgehead atoms. The zero-order valence-electron chi connectivity index (χ0n) is 48.2. The molecule has 0 aromatic heterocycles. The summed E-state index contributed by atoms with van der Waals surface area (Å²) in [5.41, 5.74) is 0. The van der Waals surface area contributed by atoms with Crippen molar-refractivity contribution in [2.75, 3.05) is 0 Å². The van der Waals surface area contributed by atoms with Crippen molar-refractivity contribution in [2.24, 2.45) is 5.92 Å². The maximum atomic E-state index is 2.32. The van der Waals surface area contributed by atoms with E-state index in [1.54, 1.807) is 19.3 Å². The van der Waals surface area contributed by atoms with E-state index in [-0.39, 0.29) is 0 Å². The van der Waals surface area contributed by atoms with Crippen molar-refractivity contribution in [3.63, 3.8) is 0 Å². The molecule has 0 aromatic rings. The first-order valence-corrected chi connectivity index (χ1v) is 33.9. The Labute approximate surface area is 434 Å². The van der Waals surface area contributed by atoms with Gasteiger partial charge in [-0.1, -0.05) is 431 Å². The molecule has 68 heavy (non-hydrogen) atoms. The van der Waals surface area contributed by atoms with Crippen LogP contribution in [0.4, 0.5) is 0 Å². The first-order valence-electron chi connectivity index (χ1n) is 33.9. The molecule has 1 fully saturated rings. The lowest BCUT2D eigenvalue weighted by Gasteiger charge is -2.21. The Bertz CT molecular complexity index is 837. The van der Waals surface area contributed by atoms with Crippen molar-refractivity contribution in [2.45, 2.75) is 431 Å². The fourth-order valence-corrected chi connectivity index (χ4v) is 12.2. The Kier molecular flexibility index (Phi) is 59.5. The van der Waals surface area contributed by atoms with Crippen LogP contribution in [0.1, 0.15) is 431 Å². The van der Waals surface area contributed by atoms with Crippen LogP contribution < -0.4 is 0 Å². The highest BCUT2D eigenvalue weighted by Crippen LogP contribution is 2.28. The molecule has 0 N–H and O–H groups in total. The van der Waals surface area contributed by atoms with E-state index in [0.717, 1.165) is 5.92 Å². The molecule has 0 amide bonds. The van der Waals surface area contributed by atoms with Gasteiger partial charge in [-0.2, -0.15) is 0 Å². The number of rotatable bonds is 61. The quantitative estimate of drug-likeness (QED) is 0.0533. The van der Waals surface area contributed by atoms with Gasteiger partial charge in [0.05, 0.1) is 0 Å². The molecule has 0 aromatic carbocycles. The van der Waals surface area contributed by atoms with Gasteiger partial charge in [-0.15, -0.1) is 0 Å². The van der Waals surface area contributed by atoms with Gasteiger partial charge in [0.15, 0.2) is 0 Å². The van der Waals surface area contributed by atoms with Crippen molar-refractivity contribution in [1.29, 1.82) is 0 Å². The summed E-state index contributed by atoms with van der Waals surface area (Å²) in [7, 11) is 0. The number of hydrogen-bond donors (Lipinski definition) is 0. The molecule has 0 spiro atoms. The van der Waals surface area contributed by atoms with Gasteiger partial charge < -0.3 is 0 Å². The summed E-state index contributed by atoms with van der Waals surface area (Å²) in [4.78, 5) is 0. The van der Waals surface area contributed by atoms with Gasteiger partial charge in [0.25, 0.3) is 0 Å². The summed E-state index contributed by atoms with van der Waals surface area (Å²) < 4.78 is 0. The fraction of sp³-hybridized carbons (Fsp3) is 1.00. The summed E-state index contributed by atoms with van der Waals surface area (Å²) in [6, 6.07) is 0. The Morgan fingerprint density at radius 3 is 0.441 bits per heavy atom. The molecule has 0 nitrogen and oxygen atoms in total. The highest BCUT2D eigenvalue weighted by molar-refractivity contribution is 4.66. The third-order valence-corrected chi connectivity index (χ3v) is 17.2. The van der Waals surface area contributed by atoms with E-state index in [4.69, 9.17) is 0 Å². The topological polar surface area (TPSA) is 0 Å². The summed E-state index contributed by atoms with van der Waals surface area (Å²) in [6.45, 7) is 2.32. The largest absolute Gasteiger partial charge is 0.0654 e. The van der Waals surface area contributed by atoms with Crippen LogP contribution >= 0.6 is 0 Å². The highest BCUT2D eigenvalue weighted by atomic mass is 14.2. The van der Waals surface area contributed by atoms with Crippen molar-refractivity contribution in [3.05, 3.63) is 0 Å². The van der Waals surface area contributed by atoms with Crippen LogP contribution in [-0.2, 0) is 0 Å². The van der Waals surface area contributed by atoms with E-state index in [9.17, 15) is 0 Å². The highest BCUT2D eigenvalue weighted by Gasteiger charge is 2.12. The second-order valence-corrected chi connectivity index (χ2v) is 24.2. The van der Waals surface area contributed by atoms with Gasteiger partial charge in [0, 0.05) is 0 Å². The molecule has 1 saturated carbocycles. The molecule has 0 saturated heterocycles. The van der Waals surface area contributed by atoms with E-state index in [2.05, 4.69) is 6.92 Å². The van der Waals surface area contributed by atoms with E-state index in [1.165, 1.54) is 405 Å². The lowest BCUT2D eigenvalue weighted by atomic mass is 9.85. The van der Waals surface area contributed by atoms with Crippen LogP contribution in [0.5, 0.6) is 0 Å². The molecule has 0 heteroatoms. The average molecular weight is 954 g/mol. The predicted molar refractivity (Wildman–Crippen MR) is 314 cm³/mol. The maximum absolute atomic E-state index is 2.32. The fourth-order valence-electron chi connectivity index (χ4n) is 12.2. The van der Waals surface area contributed by atoms with Gasteiger partial charge in [-0.05, 0) is 5.92 Å². The summed E-state index contributed by atoms with van der Waals surface area (Å²) in [6.07, 6.45) is 98.9. The maximum Gasteiger partial charge on any atom is -0.0414 e. The lowest BCUT2D eigenvalue weighted by molar-refractivity contribution is 0.328. The Morgan fingerprint density at radius 1 is 0.162 bits per heavy atom. The minimum atomic E-state index is 1.10. The van der Waals surface area contributed by atoms with E-state index in [0.29, 0.717) is 0 Å². The van der Waals surface area contributed by atoms with Crippen LogP contribution in [-0.4, -0.2) is 0 Å². The Hall–Kier alpha value is 0. The zero-order valence-corrected chi connectivity index (χ0v) is 48.2. The zero-order chi connectivity index (χ0) is 48.2. The molecule has 0 heterocycles. The van der Waals surface area contributed by atoms with Crippen LogP contribution in [0.2, 0.25) is 0 Å². The minimum Gasteiger partial charge on any atom is -0.0654 e. The molecule has 1 rings (SSSR count). The van der Waals surface area contributed by atoms with Crippen LogP contribution in [0.15, 0.2) is 0 Å². The van der Waals surface area contributed by atoms with Gasteiger partial charge in [0.1, 0.15) is 0 Å². The molecule has 0 radical (unpaired) electrons. The summed E-state index contributed by atoms with van der Waals surface area (Å²) in [5.74, 6) is 1.10. The SMILES string of the molecule is CCCCCCCCCCCCCCCCCCCCCCCCCCCCCCCCCCCCCCCCCCCCCCCCCCCCCCCCCCCCCCC1CCCCC1. The number of unbranched alkanes of at least 4 members (excludes halogenated alkanes) is 59. The second kappa shape index (κ2) is 61.3. The number of hydrogen-bond acceptors (Lipinski definition) is 0. The van der Waals surface area contributed by atoms with Gasteiger partial charge >= 0.3 is 0 Å². The van der Waals surface area contributed by atoms with Crippen molar-refractivity contribution < 1.29 is 0 Å². The van der Waals surface area contributed by atoms with Crippen LogP contribution in [0, 0.1) is 5.92 Å². The van der Waals surface area contributed by atoms with Gasteiger partial charge in [-0.3, -0.25) is 0 Å².